The van der Waals surface area contributed by atoms with Crippen LogP contribution in [0.4, 0.5) is 19.0 Å². The molecule has 1 aromatic heterocycles. The molecule has 19 heavy (non-hydrogen) atoms. The van der Waals surface area contributed by atoms with Gasteiger partial charge in [-0.15, -0.1) is 13.2 Å². The van der Waals surface area contributed by atoms with E-state index in [0.717, 1.165) is 5.56 Å². The van der Waals surface area contributed by atoms with Crippen LogP contribution in [0.15, 0.2) is 24.3 Å². The lowest BCUT2D eigenvalue weighted by molar-refractivity contribution is -0.274. The van der Waals surface area contributed by atoms with Crippen molar-refractivity contribution in [3.8, 4) is 17.0 Å². The summed E-state index contributed by atoms with van der Waals surface area (Å²) in [6.45, 7) is 1.80. The Hall–Kier alpha value is -2.18. The molecule has 0 fully saturated rings. The Morgan fingerprint density at radius 1 is 1.21 bits per heavy atom. The lowest BCUT2D eigenvalue weighted by Crippen LogP contribution is -2.16. The molecule has 0 bridgehead atoms. The molecule has 0 saturated heterocycles. The van der Waals surface area contributed by atoms with Gasteiger partial charge in [0.15, 0.2) is 0 Å². The summed E-state index contributed by atoms with van der Waals surface area (Å²) in [5.74, 6) is 0.253. The first kappa shape index (κ1) is 13.3. The second-order valence-corrected chi connectivity index (χ2v) is 4.05. The number of alkyl halides is 3. The lowest BCUT2D eigenvalue weighted by Gasteiger charge is -2.08. The van der Waals surface area contributed by atoms with E-state index in [1.165, 1.54) is 28.9 Å². The van der Waals surface area contributed by atoms with Gasteiger partial charge in [-0.3, -0.25) is 4.68 Å². The van der Waals surface area contributed by atoms with Crippen molar-refractivity contribution in [2.75, 3.05) is 5.73 Å². The van der Waals surface area contributed by atoms with E-state index in [0.29, 0.717) is 17.1 Å². The zero-order valence-electron chi connectivity index (χ0n) is 10.3. The molecule has 0 amide bonds. The van der Waals surface area contributed by atoms with E-state index in [1.54, 1.807) is 14.0 Å². The molecule has 1 aromatic carbocycles. The first-order valence-corrected chi connectivity index (χ1v) is 5.43. The summed E-state index contributed by atoms with van der Waals surface area (Å²) in [5, 5.41) is 4.21. The van der Waals surface area contributed by atoms with Crippen molar-refractivity contribution in [3.05, 3.63) is 29.8 Å². The Morgan fingerprint density at radius 2 is 1.79 bits per heavy atom. The molecule has 0 saturated carbocycles. The van der Waals surface area contributed by atoms with Gasteiger partial charge in [-0.1, -0.05) is 0 Å². The van der Waals surface area contributed by atoms with Crippen molar-refractivity contribution >= 4 is 5.82 Å². The van der Waals surface area contributed by atoms with E-state index in [1.807, 2.05) is 0 Å². The Kier molecular flexibility index (Phi) is 3.13. The fourth-order valence-electron chi connectivity index (χ4n) is 1.73. The molecule has 0 atom stereocenters. The topological polar surface area (TPSA) is 53.1 Å². The average molecular weight is 271 g/mol. The summed E-state index contributed by atoms with van der Waals surface area (Å²) in [4.78, 5) is 0. The molecule has 0 unspecified atom stereocenters. The Morgan fingerprint density at radius 3 is 2.21 bits per heavy atom. The van der Waals surface area contributed by atoms with Gasteiger partial charge in [0, 0.05) is 18.2 Å². The molecule has 1 heterocycles. The fourth-order valence-corrected chi connectivity index (χ4v) is 1.73. The highest BCUT2D eigenvalue weighted by Gasteiger charge is 2.31. The molecule has 0 aliphatic carbocycles. The van der Waals surface area contributed by atoms with Crippen LogP contribution in [-0.2, 0) is 7.05 Å². The molecule has 0 spiro atoms. The minimum atomic E-state index is -4.69. The number of ether oxygens (including phenoxy) is 1. The number of anilines is 1. The monoisotopic (exact) mass is 271 g/mol. The SMILES string of the molecule is Cc1c(-c2ccc(OC(F)(F)F)cc2)nn(C)c1N. The van der Waals surface area contributed by atoms with E-state index < -0.39 is 6.36 Å². The lowest BCUT2D eigenvalue weighted by atomic mass is 10.1. The van der Waals surface area contributed by atoms with Crippen LogP contribution in [0.5, 0.6) is 5.75 Å². The minimum absolute atomic E-state index is 0.266. The van der Waals surface area contributed by atoms with Gasteiger partial charge in [0.2, 0.25) is 0 Å². The molecule has 2 aromatic rings. The average Bonchev–Trinajstić information content (AvgIpc) is 2.56. The highest BCUT2D eigenvalue weighted by molar-refractivity contribution is 5.68. The van der Waals surface area contributed by atoms with Crippen LogP contribution in [0.1, 0.15) is 5.56 Å². The largest absolute Gasteiger partial charge is 0.573 e. The zero-order valence-corrected chi connectivity index (χ0v) is 10.3. The summed E-state index contributed by atoms with van der Waals surface area (Å²) in [6, 6.07) is 5.51. The number of halogens is 3. The molecule has 0 aliphatic heterocycles. The fraction of sp³-hybridized carbons (Fsp3) is 0.250. The minimum Gasteiger partial charge on any atom is -0.406 e. The van der Waals surface area contributed by atoms with Crippen molar-refractivity contribution in [1.29, 1.82) is 0 Å². The predicted octanol–water partition coefficient (Wildman–Crippen LogP) is 2.88. The number of nitrogens with two attached hydrogens (primary N) is 1. The van der Waals surface area contributed by atoms with Gasteiger partial charge >= 0.3 is 6.36 Å². The van der Waals surface area contributed by atoms with Gasteiger partial charge in [0.05, 0.1) is 5.69 Å². The molecule has 2 N–H and O–H groups in total. The van der Waals surface area contributed by atoms with Crippen molar-refractivity contribution < 1.29 is 17.9 Å². The second-order valence-electron chi connectivity index (χ2n) is 4.05. The van der Waals surface area contributed by atoms with Crippen LogP contribution in [0, 0.1) is 6.92 Å². The number of nitrogen functional groups attached to an aromatic ring is 1. The second kappa shape index (κ2) is 4.49. The molecule has 0 aliphatic rings. The van der Waals surface area contributed by atoms with Crippen LogP contribution in [0.3, 0.4) is 0 Å². The maximum atomic E-state index is 12.0. The molecule has 0 radical (unpaired) electrons. The van der Waals surface area contributed by atoms with Crippen LogP contribution >= 0.6 is 0 Å². The van der Waals surface area contributed by atoms with Gasteiger partial charge < -0.3 is 10.5 Å². The van der Waals surface area contributed by atoms with Crippen LogP contribution in [0.2, 0.25) is 0 Å². The van der Waals surface area contributed by atoms with Gasteiger partial charge in [-0.25, -0.2) is 0 Å². The molecule has 102 valence electrons. The number of nitrogens with zero attached hydrogens (tertiary/aromatic N) is 2. The molecule has 7 heteroatoms. The predicted molar refractivity (Wildman–Crippen MR) is 64.5 cm³/mol. The zero-order chi connectivity index (χ0) is 14.2. The van der Waals surface area contributed by atoms with Crippen LogP contribution < -0.4 is 10.5 Å². The number of hydrogen-bond acceptors (Lipinski definition) is 3. The summed E-state index contributed by atoms with van der Waals surface area (Å²) >= 11 is 0. The maximum Gasteiger partial charge on any atom is 0.573 e. The summed E-state index contributed by atoms with van der Waals surface area (Å²) in [6.07, 6.45) is -4.69. The quantitative estimate of drug-likeness (QED) is 0.913. The smallest absolute Gasteiger partial charge is 0.406 e. The number of aryl methyl sites for hydroxylation is 1. The van der Waals surface area contributed by atoms with Crippen molar-refractivity contribution in [2.45, 2.75) is 13.3 Å². The Balaban J connectivity index is 2.30. The molecule has 4 nitrogen and oxygen atoms in total. The van der Waals surface area contributed by atoms with E-state index in [2.05, 4.69) is 9.84 Å². The third-order valence-electron chi connectivity index (χ3n) is 2.70. The first-order valence-electron chi connectivity index (χ1n) is 5.43. The number of rotatable bonds is 2. The van der Waals surface area contributed by atoms with E-state index >= 15 is 0 Å². The van der Waals surface area contributed by atoms with Gasteiger partial charge in [-0.2, -0.15) is 5.10 Å². The third kappa shape index (κ3) is 2.81. The molecular weight excluding hydrogens is 259 g/mol. The number of benzene rings is 1. The van der Waals surface area contributed by atoms with E-state index in [9.17, 15) is 13.2 Å². The van der Waals surface area contributed by atoms with E-state index in [-0.39, 0.29) is 5.75 Å². The molecule has 2 rings (SSSR count). The summed E-state index contributed by atoms with van der Waals surface area (Å²) in [5.41, 5.74) is 7.88. The van der Waals surface area contributed by atoms with Gasteiger partial charge in [0.25, 0.3) is 0 Å². The summed E-state index contributed by atoms with van der Waals surface area (Å²) in [7, 11) is 1.70. The van der Waals surface area contributed by atoms with E-state index in [4.69, 9.17) is 5.73 Å². The Bertz CT molecular complexity index is 588. The van der Waals surface area contributed by atoms with Crippen molar-refractivity contribution in [2.24, 2.45) is 7.05 Å². The highest BCUT2D eigenvalue weighted by Crippen LogP contribution is 2.29. The normalized spacial score (nSPS) is 11.6. The number of aromatic nitrogens is 2. The van der Waals surface area contributed by atoms with Gasteiger partial charge in [-0.05, 0) is 31.2 Å². The highest BCUT2D eigenvalue weighted by atomic mass is 19.4. The summed E-state index contributed by atoms with van der Waals surface area (Å²) < 4.78 is 41.4. The van der Waals surface area contributed by atoms with Crippen LogP contribution in [-0.4, -0.2) is 16.1 Å². The number of hydrogen-bond donors (Lipinski definition) is 1. The van der Waals surface area contributed by atoms with Crippen molar-refractivity contribution in [1.82, 2.24) is 9.78 Å². The van der Waals surface area contributed by atoms with Crippen molar-refractivity contribution in [3.63, 3.8) is 0 Å². The Labute approximate surface area is 107 Å². The maximum absolute atomic E-state index is 12.0. The molecular formula is C12H12F3N3O. The standard InChI is InChI=1S/C12H12F3N3O/c1-7-10(17-18(2)11(7)16)8-3-5-9(6-4-8)19-12(13,14)15/h3-6H,16H2,1-2H3. The van der Waals surface area contributed by atoms with Crippen LogP contribution in [0.25, 0.3) is 11.3 Å². The third-order valence-corrected chi connectivity index (χ3v) is 2.70. The van der Waals surface area contributed by atoms with Gasteiger partial charge in [0.1, 0.15) is 11.6 Å². The first-order chi connectivity index (χ1) is 8.78.